The highest BCUT2D eigenvalue weighted by atomic mass is 19.4. The Morgan fingerprint density at radius 1 is 1.40 bits per heavy atom. The second-order valence-corrected chi connectivity index (χ2v) is 1.34. The van der Waals surface area contributed by atoms with E-state index in [9.17, 15) is 13.2 Å². The number of rotatable bonds is 3. The second kappa shape index (κ2) is 11.5. The van der Waals surface area contributed by atoms with Crippen LogP contribution in [0.15, 0.2) is 0 Å². The smallest absolute Gasteiger partial charge is 0.379 e. The number of halogens is 3. The van der Waals surface area contributed by atoms with Gasteiger partial charge in [0.15, 0.2) is 0 Å². The first-order valence-electron chi connectivity index (χ1n) is 2.71. The largest absolute Gasteiger partial charge is 0.383 e. The van der Waals surface area contributed by atoms with Crippen LogP contribution < -0.4 is 5.32 Å². The monoisotopic (exact) mass is 159 g/mol. The Morgan fingerprint density at radius 3 is 1.90 bits per heavy atom. The van der Waals surface area contributed by atoms with Crippen molar-refractivity contribution in [1.82, 2.24) is 5.32 Å². The molecule has 0 unspecified atom stereocenters. The molecule has 5 heteroatoms. The molecule has 0 amide bonds. The molecular formula is C5H12F3NO. The van der Waals surface area contributed by atoms with Crippen molar-refractivity contribution >= 4 is 0 Å². The summed E-state index contributed by atoms with van der Waals surface area (Å²) in [4.78, 5) is 0. The molecule has 0 fully saturated rings. The number of nitrogens with one attached hydrogen (secondary N) is 1. The topological polar surface area (TPSA) is 21.3 Å². The van der Waals surface area contributed by atoms with Crippen LogP contribution in [-0.2, 0) is 4.74 Å². The van der Waals surface area contributed by atoms with Crippen LogP contribution in [-0.4, -0.2) is 34.0 Å². The van der Waals surface area contributed by atoms with Gasteiger partial charge in [-0.2, -0.15) is 13.2 Å². The van der Waals surface area contributed by atoms with Gasteiger partial charge in [-0.25, -0.2) is 0 Å². The molecule has 0 rings (SSSR count). The predicted octanol–water partition coefficient (Wildman–Crippen LogP) is 1.03. The lowest BCUT2D eigenvalue weighted by Gasteiger charge is -1.92. The zero-order chi connectivity index (χ0) is 8.41. The van der Waals surface area contributed by atoms with Gasteiger partial charge in [-0.1, -0.05) is 0 Å². The van der Waals surface area contributed by atoms with E-state index >= 15 is 0 Å². The van der Waals surface area contributed by atoms with Gasteiger partial charge in [0.05, 0.1) is 6.61 Å². The number of ether oxygens (including phenoxy) is 1. The number of likely N-dealkylation sites (N-methyl/N-ethyl adjacent to an activating group) is 1. The maximum Gasteiger partial charge on any atom is 0.379 e. The van der Waals surface area contributed by atoms with E-state index in [1.165, 1.54) is 0 Å². The molecule has 0 saturated carbocycles. The average molecular weight is 159 g/mol. The second-order valence-electron chi connectivity index (χ2n) is 1.34. The van der Waals surface area contributed by atoms with E-state index in [4.69, 9.17) is 4.74 Å². The third-order valence-corrected chi connectivity index (χ3v) is 0.556. The molecule has 0 heterocycles. The first-order chi connectivity index (χ1) is 4.65. The average Bonchev–Trinajstić information content (AvgIpc) is 1.82. The van der Waals surface area contributed by atoms with Crippen molar-refractivity contribution in [2.75, 3.05) is 27.3 Å². The fourth-order valence-electron chi connectivity index (χ4n) is 0.204. The van der Waals surface area contributed by atoms with Crippen molar-refractivity contribution < 1.29 is 17.9 Å². The molecule has 10 heavy (non-hydrogen) atoms. The fraction of sp³-hybridized carbons (Fsp3) is 1.00. The van der Waals surface area contributed by atoms with Crippen LogP contribution in [0.3, 0.4) is 0 Å². The summed E-state index contributed by atoms with van der Waals surface area (Å²) in [5, 5.41) is 2.94. The molecule has 0 spiro atoms. The normalized spacial score (nSPS) is 9.00. The number of alkyl halides is 3. The van der Waals surface area contributed by atoms with E-state index < -0.39 is 6.68 Å². The standard InChI is InChI=1S/C4H11NO.CHF3/c1-5-3-4-6-2;2-1(3)4/h5H,3-4H2,1-2H3;1H. The summed E-state index contributed by atoms with van der Waals surface area (Å²) in [5.74, 6) is 0. The van der Waals surface area contributed by atoms with Crippen LogP contribution in [0.1, 0.15) is 0 Å². The van der Waals surface area contributed by atoms with Crippen molar-refractivity contribution in [1.29, 1.82) is 0 Å². The zero-order valence-corrected chi connectivity index (χ0v) is 6.03. The Morgan fingerprint density at radius 2 is 1.80 bits per heavy atom. The van der Waals surface area contributed by atoms with Crippen LogP contribution in [0.25, 0.3) is 0 Å². The highest BCUT2D eigenvalue weighted by molar-refractivity contribution is 4.30. The molecule has 0 aromatic carbocycles. The van der Waals surface area contributed by atoms with Gasteiger partial charge in [0.2, 0.25) is 0 Å². The zero-order valence-electron chi connectivity index (χ0n) is 6.03. The Bertz CT molecular complexity index is 47.4. The van der Waals surface area contributed by atoms with Gasteiger partial charge in [0.25, 0.3) is 0 Å². The first kappa shape index (κ1) is 12.4. The van der Waals surface area contributed by atoms with Crippen LogP contribution in [0.4, 0.5) is 13.2 Å². The molecule has 0 aliphatic rings. The fourth-order valence-corrected chi connectivity index (χ4v) is 0.204. The van der Waals surface area contributed by atoms with E-state index in [2.05, 4.69) is 5.32 Å². The molecular weight excluding hydrogens is 147 g/mol. The summed E-state index contributed by atoms with van der Waals surface area (Å²) in [6.45, 7) is -1.92. The van der Waals surface area contributed by atoms with Crippen LogP contribution >= 0.6 is 0 Å². The van der Waals surface area contributed by atoms with E-state index in [1.807, 2.05) is 7.05 Å². The maximum atomic E-state index is 9.67. The first-order valence-corrected chi connectivity index (χ1v) is 2.71. The van der Waals surface area contributed by atoms with Gasteiger partial charge in [0.1, 0.15) is 0 Å². The van der Waals surface area contributed by atoms with Crippen molar-refractivity contribution in [3.05, 3.63) is 0 Å². The maximum absolute atomic E-state index is 9.67. The Hall–Kier alpha value is -0.290. The minimum Gasteiger partial charge on any atom is -0.383 e. The number of methoxy groups -OCH3 is 1. The lowest BCUT2D eigenvalue weighted by molar-refractivity contribution is 0.00819. The van der Waals surface area contributed by atoms with Crippen molar-refractivity contribution in [3.8, 4) is 0 Å². The summed E-state index contributed by atoms with van der Waals surface area (Å²) in [7, 11) is 3.59. The van der Waals surface area contributed by atoms with Crippen LogP contribution in [0.5, 0.6) is 0 Å². The quantitative estimate of drug-likeness (QED) is 0.621. The molecule has 1 N–H and O–H groups in total. The van der Waals surface area contributed by atoms with Crippen molar-refractivity contribution in [2.45, 2.75) is 6.68 Å². The third-order valence-electron chi connectivity index (χ3n) is 0.556. The summed E-state index contributed by atoms with van der Waals surface area (Å²) in [5.41, 5.74) is 0. The van der Waals surface area contributed by atoms with Crippen LogP contribution in [0, 0.1) is 0 Å². The summed E-state index contributed by atoms with van der Waals surface area (Å²) in [6.07, 6.45) is 0. The summed E-state index contributed by atoms with van der Waals surface area (Å²) in [6, 6.07) is 0. The highest BCUT2D eigenvalue weighted by Gasteiger charge is 1.86. The minimum atomic E-state index is -3.67. The molecule has 0 bridgehead atoms. The van der Waals surface area contributed by atoms with Gasteiger partial charge in [-0.3, -0.25) is 0 Å². The summed E-state index contributed by atoms with van der Waals surface area (Å²) < 4.78 is 33.7. The lowest BCUT2D eigenvalue weighted by atomic mass is 10.7. The predicted molar refractivity (Wildman–Crippen MR) is 32.9 cm³/mol. The molecule has 0 aliphatic carbocycles. The Balaban J connectivity index is 0. The molecule has 0 aromatic heterocycles. The van der Waals surface area contributed by atoms with Gasteiger partial charge in [-0.05, 0) is 7.05 Å². The molecule has 0 saturated heterocycles. The number of hydrogen-bond donors (Lipinski definition) is 1. The lowest BCUT2D eigenvalue weighted by Crippen LogP contribution is -2.12. The molecule has 64 valence electrons. The van der Waals surface area contributed by atoms with Gasteiger partial charge >= 0.3 is 6.68 Å². The minimum absolute atomic E-state index is 0.802. The summed E-state index contributed by atoms with van der Waals surface area (Å²) >= 11 is 0. The molecule has 2 nitrogen and oxygen atoms in total. The molecule has 0 atom stereocenters. The van der Waals surface area contributed by atoms with Crippen molar-refractivity contribution in [3.63, 3.8) is 0 Å². The van der Waals surface area contributed by atoms with Gasteiger partial charge < -0.3 is 10.1 Å². The van der Waals surface area contributed by atoms with E-state index in [0.29, 0.717) is 0 Å². The van der Waals surface area contributed by atoms with Gasteiger partial charge in [-0.15, -0.1) is 0 Å². The Labute approximate surface area is 58.4 Å². The third kappa shape index (κ3) is 47.3. The van der Waals surface area contributed by atoms with Crippen LogP contribution in [0.2, 0.25) is 0 Å². The number of hydrogen-bond acceptors (Lipinski definition) is 2. The van der Waals surface area contributed by atoms with E-state index in [-0.39, 0.29) is 0 Å². The van der Waals surface area contributed by atoms with Gasteiger partial charge in [0, 0.05) is 13.7 Å². The molecule has 0 aromatic rings. The highest BCUT2D eigenvalue weighted by Crippen LogP contribution is 1.87. The van der Waals surface area contributed by atoms with E-state index in [1.54, 1.807) is 7.11 Å². The van der Waals surface area contributed by atoms with Crippen molar-refractivity contribution in [2.24, 2.45) is 0 Å². The molecule has 0 aliphatic heterocycles. The van der Waals surface area contributed by atoms with E-state index in [0.717, 1.165) is 13.2 Å². The SMILES string of the molecule is CNCCOC.FC(F)F. The Kier molecular flexibility index (Phi) is 14.3. The molecule has 0 radical (unpaired) electrons.